The molecule has 0 bridgehead atoms. The van der Waals surface area contributed by atoms with Crippen LogP contribution in [0.3, 0.4) is 0 Å². The van der Waals surface area contributed by atoms with E-state index in [-0.39, 0.29) is 5.56 Å². The highest BCUT2D eigenvalue weighted by Gasteiger charge is 2.05. The molecule has 0 aliphatic carbocycles. The van der Waals surface area contributed by atoms with Gasteiger partial charge in [0.15, 0.2) is 5.82 Å². The van der Waals surface area contributed by atoms with Crippen molar-refractivity contribution in [3.8, 4) is 5.82 Å². The summed E-state index contributed by atoms with van der Waals surface area (Å²) in [5.41, 5.74) is 1.33. The highest BCUT2D eigenvalue weighted by Crippen LogP contribution is 2.00. The van der Waals surface area contributed by atoms with Crippen molar-refractivity contribution in [3.63, 3.8) is 0 Å². The van der Waals surface area contributed by atoms with Crippen molar-refractivity contribution in [2.24, 2.45) is 0 Å². The van der Waals surface area contributed by atoms with E-state index in [0.29, 0.717) is 18.1 Å². The number of ether oxygens (including phenoxy) is 1. The van der Waals surface area contributed by atoms with Crippen molar-refractivity contribution in [2.75, 3.05) is 7.11 Å². The van der Waals surface area contributed by atoms with Crippen molar-refractivity contribution >= 4 is 0 Å². The molecular formula is C10H12N4O2. The van der Waals surface area contributed by atoms with E-state index in [0.717, 1.165) is 5.69 Å². The minimum atomic E-state index is -0.176. The third-order valence-electron chi connectivity index (χ3n) is 2.09. The SMILES string of the molecule is COCc1cc(=O)n(-c2ccc(C)nn2)[nH]1. The molecule has 2 aromatic rings. The largest absolute Gasteiger partial charge is 0.378 e. The minimum Gasteiger partial charge on any atom is -0.378 e. The Labute approximate surface area is 91.9 Å². The first-order valence-corrected chi connectivity index (χ1v) is 4.81. The molecule has 2 heterocycles. The summed E-state index contributed by atoms with van der Waals surface area (Å²) in [6.45, 7) is 2.20. The molecule has 0 atom stereocenters. The number of aromatic amines is 1. The number of aryl methyl sites for hydroxylation is 1. The van der Waals surface area contributed by atoms with Gasteiger partial charge in [0.05, 0.1) is 18.0 Å². The Morgan fingerprint density at radius 2 is 2.25 bits per heavy atom. The van der Waals surface area contributed by atoms with Crippen molar-refractivity contribution < 1.29 is 4.74 Å². The van der Waals surface area contributed by atoms with Crippen LogP contribution in [0, 0.1) is 6.92 Å². The molecule has 0 fully saturated rings. The molecule has 2 rings (SSSR count). The van der Waals surface area contributed by atoms with Gasteiger partial charge in [-0.2, -0.15) is 9.78 Å². The Morgan fingerprint density at radius 1 is 1.44 bits per heavy atom. The van der Waals surface area contributed by atoms with Crippen LogP contribution in [-0.2, 0) is 11.3 Å². The van der Waals surface area contributed by atoms with E-state index in [1.807, 2.05) is 6.92 Å². The predicted molar refractivity (Wildman–Crippen MR) is 57.4 cm³/mol. The standard InChI is InChI=1S/C10H12N4O2/c1-7-3-4-9(12-11-7)14-10(15)5-8(13-14)6-16-2/h3-5,13H,6H2,1-2H3. The van der Waals surface area contributed by atoms with E-state index in [2.05, 4.69) is 15.3 Å². The fraction of sp³-hybridized carbons (Fsp3) is 0.300. The van der Waals surface area contributed by atoms with Crippen LogP contribution in [-0.4, -0.2) is 27.1 Å². The van der Waals surface area contributed by atoms with E-state index in [1.54, 1.807) is 19.2 Å². The Morgan fingerprint density at radius 3 is 2.88 bits per heavy atom. The number of hydrogen-bond donors (Lipinski definition) is 1. The zero-order valence-corrected chi connectivity index (χ0v) is 9.10. The van der Waals surface area contributed by atoms with Gasteiger partial charge in [-0.3, -0.25) is 9.89 Å². The van der Waals surface area contributed by atoms with Gasteiger partial charge in [-0.15, -0.1) is 5.10 Å². The summed E-state index contributed by atoms with van der Waals surface area (Å²) in [6.07, 6.45) is 0. The lowest BCUT2D eigenvalue weighted by atomic mass is 10.4. The van der Waals surface area contributed by atoms with Crippen molar-refractivity contribution in [2.45, 2.75) is 13.5 Å². The van der Waals surface area contributed by atoms with Gasteiger partial charge < -0.3 is 4.74 Å². The van der Waals surface area contributed by atoms with Gasteiger partial charge in [0.1, 0.15) is 0 Å². The monoisotopic (exact) mass is 220 g/mol. The lowest BCUT2D eigenvalue weighted by molar-refractivity contribution is 0.181. The van der Waals surface area contributed by atoms with E-state index in [9.17, 15) is 4.79 Å². The molecule has 16 heavy (non-hydrogen) atoms. The Hall–Kier alpha value is -1.95. The molecule has 1 N–H and O–H groups in total. The summed E-state index contributed by atoms with van der Waals surface area (Å²) in [6, 6.07) is 5.01. The van der Waals surface area contributed by atoms with E-state index in [1.165, 1.54) is 10.7 Å². The lowest BCUT2D eigenvalue weighted by Gasteiger charge is -2.00. The fourth-order valence-corrected chi connectivity index (χ4v) is 1.36. The van der Waals surface area contributed by atoms with E-state index < -0.39 is 0 Å². The van der Waals surface area contributed by atoms with E-state index in [4.69, 9.17) is 4.74 Å². The molecule has 6 heteroatoms. The van der Waals surface area contributed by atoms with Crippen LogP contribution in [0.2, 0.25) is 0 Å². The molecule has 6 nitrogen and oxygen atoms in total. The van der Waals surface area contributed by atoms with Crippen LogP contribution in [0.15, 0.2) is 23.0 Å². The van der Waals surface area contributed by atoms with Gasteiger partial charge in [0.25, 0.3) is 5.56 Å². The topological polar surface area (TPSA) is 72.8 Å². The van der Waals surface area contributed by atoms with Crippen LogP contribution in [0.1, 0.15) is 11.4 Å². The van der Waals surface area contributed by atoms with Crippen LogP contribution < -0.4 is 5.56 Å². The molecule has 0 saturated carbocycles. The second-order valence-electron chi connectivity index (χ2n) is 3.42. The summed E-state index contributed by atoms with van der Waals surface area (Å²) < 4.78 is 6.27. The summed E-state index contributed by atoms with van der Waals surface area (Å²) in [4.78, 5) is 11.6. The number of nitrogens with one attached hydrogen (secondary N) is 1. The highest BCUT2D eigenvalue weighted by molar-refractivity contribution is 5.21. The normalized spacial score (nSPS) is 10.6. The third kappa shape index (κ3) is 2.01. The molecule has 0 spiro atoms. The first-order valence-electron chi connectivity index (χ1n) is 4.81. The second kappa shape index (κ2) is 4.28. The van der Waals surface area contributed by atoms with Gasteiger partial charge in [0, 0.05) is 13.2 Å². The van der Waals surface area contributed by atoms with Gasteiger partial charge in [0.2, 0.25) is 0 Å². The maximum atomic E-state index is 11.6. The van der Waals surface area contributed by atoms with Crippen LogP contribution >= 0.6 is 0 Å². The van der Waals surface area contributed by atoms with Crippen LogP contribution in [0.4, 0.5) is 0 Å². The molecule has 0 saturated heterocycles. The molecule has 0 aliphatic heterocycles. The number of nitrogens with zero attached hydrogens (tertiary/aromatic N) is 3. The average Bonchev–Trinajstić information content (AvgIpc) is 2.61. The molecule has 84 valence electrons. The molecule has 0 unspecified atom stereocenters. The summed E-state index contributed by atoms with van der Waals surface area (Å²) in [5, 5.41) is 10.7. The quantitative estimate of drug-likeness (QED) is 0.813. The van der Waals surface area contributed by atoms with Crippen LogP contribution in [0.5, 0.6) is 0 Å². The van der Waals surface area contributed by atoms with Gasteiger partial charge in [-0.05, 0) is 19.1 Å². The number of hydrogen-bond acceptors (Lipinski definition) is 4. The number of H-pyrrole nitrogens is 1. The number of methoxy groups -OCH3 is 1. The average molecular weight is 220 g/mol. The van der Waals surface area contributed by atoms with Crippen molar-refractivity contribution in [1.29, 1.82) is 0 Å². The molecule has 0 aliphatic rings. The molecule has 0 radical (unpaired) electrons. The molecule has 0 aromatic carbocycles. The van der Waals surface area contributed by atoms with Crippen LogP contribution in [0.25, 0.3) is 5.82 Å². The van der Waals surface area contributed by atoms with Crippen molar-refractivity contribution in [3.05, 3.63) is 39.9 Å². The summed E-state index contributed by atoms with van der Waals surface area (Å²) in [7, 11) is 1.57. The number of rotatable bonds is 3. The summed E-state index contributed by atoms with van der Waals surface area (Å²) in [5.74, 6) is 0.470. The highest BCUT2D eigenvalue weighted by atomic mass is 16.5. The lowest BCUT2D eigenvalue weighted by Crippen LogP contribution is -2.15. The molecular weight excluding hydrogens is 208 g/mol. The Bertz CT molecular complexity index is 526. The number of aromatic nitrogens is 4. The first kappa shape index (κ1) is 10.6. The zero-order chi connectivity index (χ0) is 11.5. The maximum absolute atomic E-state index is 11.6. The predicted octanol–water partition coefficient (Wildman–Crippen LogP) is 0.410. The zero-order valence-electron chi connectivity index (χ0n) is 9.10. The molecule has 0 amide bonds. The smallest absolute Gasteiger partial charge is 0.273 e. The van der Waals surface area contributed by atoms with E-state index >= 15 is 0 Å². The minimum absolute atomic E-state index is 0.176. The molecule has 2 aromatic heterocycles. The van der Waals surface area contributed by atoms with Gasteiger partial charge >= 0.3 is 0 Å². The maximum Gasteiger partial charge on any atom is 0.273 e. The van der Waals surface area contributed by atoms with Gasteiger partial charge in [-0.1, -0.05) is 0 Å². The van der Waals surface area contributed by atoms with Gasteiger partial charge in [-0.25, -0.2) is 0 Å². The Balaban J connectivity index is 2.40. The third-order valence-corrected chi connectivity index (χ3v) is 2.09. The van der Waals surface area contributed by atoms with Crippen molar-refractivity contribution in [1.82, 2.24) is 20.0 Å². The first-order chi connectivity index (χ1) is 7.70. The second-order valence-corrected chi connectivity index (χ2v) is 3.42. The Kier molecular flexibility index (Phi) is 2.82. The fourth-order valence-electron chi connectivity index (χ4n) is 1.36. The summed E-state index contributed by atoms with van der Waals surface area (Å²) >= 11 is 0.